The van der Waals surface area contributed by atoms with Gasteiger partial charge in [0.05, 0.1) is 5.56 Å². The standard InChI is InChI=1S/C8H8F5N3O2S/c9-7(10)6-3(2-14)4(8(11,12)13)1-5(16-6)19(15,17)18/h1,7H,2,14H2,(H2,15,17,18). The molecule has 0 amide bonds. The summed E-state index contributed by atoms with van der Waals surface area (Å²) in [6.07, 6.45) is -8.47. The molecule has 0 aliphatic carbocycles. The Morgan fingerprint density at radius 2 is 1.84 bits per heavy atom. The molecule has 0 unspecified atom stereocenters. The molecule has 0 aromatic carbocycles. The number of pyridine rings is 1. The minimum absolute atomic E-state index is 0.0867. The Balaban J connectivity index is 3.75. The Kier molecular flexibility index (Phi) is 4.12. The van der Waals surface area contributed by atoms with Gasteiger partial charge in [0.2, 0.25) is 0 Å². The Labute approximate surface area is 104 Å². The number of rotatable bonds is 3. The van der Waals surface area contributed by atoms with Gasteiger partial charge in [-0.2, -0.15) is 13.2 Å². The fourth-order valence-corrected chi connectivity index (χ4v) is 1.87. The van der Waals surface area contributed by atoms with E-state index >= 15 is 0 Å². The predicted octanol–water partition coefficient (Wildman–Crippen LogP) is 1.14. The van der Waals surface area contributed by atoms with Gasteiger partial charge in [0.25, 0.3) is 16.4 Å². The fraction of sp³-hybridized carbons (Fsp3) is 0.375. The third-order valence-corrected chi connectivity index (χ3v) is 2.93. The first-order chi connectivity index (χ1) is 8.48. The largest absolute Gasteiger partial charge is 0.416 e. The number of alkyl halides is 5. The zero-order chi connectivity index (χ0) is 15.0. The number of sulfonamides is 1. The van der Waals surface area contributed by atoms with Crippen LogP contribution in [0.4, 0.5) is 22.0 Å². The third-order valence-electron chi connectivity index (χ3n) is 2.14. The highest BCUT2D eigenvalue weighted by atomic mass is 32.2. The summed E-state index contributed by atoms with van der Waals surface area (Å²) in [6.45, 7) is -0.869. The van der Waals surface area contributed by atoms with Crippen LogP contribution in [0, 0.1) is 0 Å². The number of nitrogens with zero attached hydrogens (tertiary/aromatic N) is 1. The second kappa shape index (κ2) is 4.98. The van der Waals surface area contributed by atoms with Crippen LogP contribution in [0.1, 0.15) is 23.2 Å². The van der Waals surface area contributed by atoms with E-state index in [9.17, 15) is 30.4 Å². The summed E-state index contributed by atoms with van der Waals surface area (Å²) in [5.74, 6) is 0. The number of hydrogen-bond acceptors (Lipinski definition) is 4. The van der Waals surface area contributed by atoms with E-state index in [1.54, 1.807) is 0 Å². The van der Waals surface area contributed by atoms with Gasteiger partial charge in [0.1, 0.15) is 5.69 Å². The van der Waals surface area contributed by atoms with Gasteiger partial charge in [-0.25, -0.2) is 27.3 Å². The van der Waals surface area contributed by atoms with E-state index in [0.717, 1.165) is 0 Å². The van der Waals surface area contributed by atoms with E-state index in [1.807, 2.05) is 0 Å². The highest BCUT2D eigenvalue weighted by Crippen LogP contribution is 2.36. The summed E-state index contributed by atoms with van der Waals surface area (Å²) in [5.41, 5.74) is 1.09. The van der Waals surface area contributed by atoms with Crippen molar-refractivity contribution in [1.82, 2.24) is 4.98 Å². The highest BCUT2D eigenvalue weighted by Gasteiger charge is 2.37. The van der Waals surface area contributed by atoms with Gasteiger partial charge in [-0.15, -0.1) is 0 Å². The molecule has 1 aromatic rings. The van der Waals surface area contributed by atoms with Crippen LogP contribution in [0.15, 0.2) is 11.1 Å². The van der Waals surface area contributed by atoms with Gasteiger partial charge < -0.3 is 5.73 Å². The SMILES string of the molecule is NCc1c(C(F)(F)F)cc(S(N)(=O)=O)nc1C(F)F. The fourth-order valence-electron chi connectivity index (χ4n) is 1.36. The summed E-state index contributed by atoms with van der Waals surface area (Å²) in [6, 6.07) is 0.0867. The average Bonchev–Trinajstić information content (AvgIpc) is 2.24. The molecule has 0 saturated carbocycles. The van der Waals surface area contributed by atoms with Crippen molar-refractivity contribution >= 4 is 10.0 Å². The van der Waals surface area contributed by atoms with E-state index in [1.165, 1.54) is 0 Å². The first-order valence-electron chi connectivity index (χ1n) is 4.60. The van der Waals surface area contributed by atoms with Gasteiger partial charge in [-0.1, -0.05) is 0 Å². The summed E-state index contributed by atoms with van der Waals surface area (Å²) in [5, 5.41) is 3.31. The molecule has 0 bridgehead atoms. The molecule has 0 atom stereocenters. The first-order valence-corrected chi connectivity index (χ1v) is 6.15. The molecular weight excluding hydrogens is 297 g/mol. The predicted molar refractivity (Wildman–Crippen MR) is 53.5 cm³/mol. The van der Waals surface area contributed by atoms with Crippen LogP contribution in [0.5, 0.6) is 0 Å². The molecule has 4 N–H and O–H groups in total. The van der Waals surface area contributed by atoms with Crippen molar-refractivity contribution in [1.29, 1.82) is 0 Å². The third kappa shape index (κ3) is 3.36. The highest BCUT2D eigenvalue weighted by molar-refractivity contribution is 7.89. The Morgan fingerprint density at radius 3 is 2.16 bits per heavy atom. The Morgan fingerprint density at radius 1 is 1.32 bits per heavy atom. The summed E-state index contributed by atoms with van der Waals surface area (Å²) >= 11 is 0. The molecule has 108 valence electrons. The zero-order valence-electron chi connectivity index (χ0n) is 9.08. The monoisotopic (exact) mass is 305 g/mol. The van der Waals surface area contributed by atoms with Crippen molar-refractivity contribution in [2.24, 2.45) is 10.9 Å². The van der Waals surface area contributed by atoms with Crippen LogP contribution in [0.2, 0.25) is 0 Å². The number of aromatic nitrogens is 1. The van der Waals surface area contributed by atoms with Crippen molar-refractivity contribution < 1.29 is 30.4 Å². The lowest BCUT2D eigenvalue weighted by Crippen LogP contribution is -2.21. The van der Waals surface area contributed by atoms with Crippen molar-refractivity contribution in [3.8, 4) is 0 Å². The molecule has 0 spiro atoms. The number of primary sulfonamides is 1. The average molecular weight is 305 g/mol. The molecule has 0 radical (unpaired) electrons. The van der Waals surface area contributed by atoms with Gasteiger partial charge in [0, 0.05) is 12.1 Å². The molecule has 0 saturated heterocycles. The maximum absolute atomic E-state index is 12.7. The normalized spacial score (nSPS) is 13.1. The van der Waals surface area contributed by atoms with E-state index in [-0.39, 0.29) is 6.07 Å². The van der Waals surface area contributed by atoms with Crippen LogP contribution in [0.25, 0.3) is 0 Å². The maximum Gasteiger partial charge on any atom is 0.416 e. The van der Waals surface area contributed by atoms with Crippen molar-refractivity contribution in [2.75, 3.05) is 0 Å². The Bertz CT molecular complexity index is 585. The van der Waals surface area contributed by atoms with Crippen LogP contribution < -0.4 is 10.9 Å². The minimum atomic E-state index is -5.05. The second-order valence-corrected chi connectivity index (χ2v) is 4.93. The van der Waals surface area contributed by atoms with E-state index in [2.05, 4.69) is 10.1 Å². The Hall–Kier alpha value is -1.33. The molecule has 1 rings (SSSR count). The van der Waals surface area contributed by atoms with E-state index in [0.29, 0.717) is 0 Å². The first kappa shape index (κ1) is 15.7. The van der Waals surface area contributed by atoms with Crippen LogP contribution >= 0.6 is 0 Å². The molecule has 5 nitrogen and oxygen atoms in total. The van der Waals surface area contributed by atoms with Crippen molar-refractivity contribution in [3.63, 3.8) is 0 Å². The molecule has 11 heteroatoms. The van der Waals surface area contributed by atoms with Crippen molar-refractivity contribution in [3.05, 3.63) is 22.9 Å². The number of halogens is 5. The zero-order valence-corrected chi connectivity index (χ0v) is 9.89. The quantitative estimate of drug-likeness (QED) is 0.818. The van der Waals surface area contributed by atoms with Gasteiger partial charge in [-0.3, -0.25) is 0 Å². The second-order valence-electron chi connectivity index (χ2n) is 3.42. The number of nitrogens with two attached hydrogens (primary N) is 2. The van der Waals surface area contributed by atoms with Gasteiger partial charge in [0.15, 0.2) is 5.03 Å². The molecule has 1 heterocycles. The smallest absolute Gasteiger partial charge is 0.326 e. The molecule has 0 aliphatic rings. The van der Waals surface area contributed by atoms with Gasteiger partial charge >= 0.3 is 6.18 Å². The van der Waals surface area contributed by atoms with E-state index in [4.69, 9.17) is 5.73 Å². The lowest BCUT2D eigenvalue weighted by atomic mass is 10.1. The molecule has 0 aliphatic heterocycles. The topological polar surface area (TPSA) is 99.1 Å². The molecule has 0 fully saturated rings. The van der Waals surface area contributed by atoms with E-state index < -0.39 is 51.0 Å². The lowest BCUT2D eigenvalue weighted by Gasteiger charge is -2.16. The summed E-state index contributed by atoms with van der Waals surface area (Å²) < 4.78 is 85.2. The van der Waals surface area contributed by atoms with Crippen molar-refractivity contribution in [2.45, 2.75) is 24.2 Å². The minimum Gasteiger partial charge on any atom is -0.326 e. The lowest BCUT2D eigenvalue weighted by molar-refractivity contribution is -0.138. The number of hydrogen-bond donors (Lipinski definition) is 2. The summed E-state index contributed by atoms with van der Waals surface area (Å²) in [7, 11) is -4.65. The molecule has 1 aromatic heterocycles. The van der Waals surface area contributed by atoms with Crippen LogP contribution in [-0.2, 0) is 22.7 Å². The molecule has 19 heavy (non-hydrogen) atoms. The maximum atomic E-state index is 12.7. The molecular formula is C8H8F5N3O2S. The van der Waals surface area contributed by atoms with Gasteiger partial charge in [-0.05, 0) is 6.07 Å². The summed E-state index contributed by atoms with van der Waals surface area (Å²) in [4.78, 5) is 2.95. The van der Waals surface area contributed by atoms with Crippen LogP contribution in [-0.4, -0.2) is 13.4 Å². The van der Waals surface area contributed by atoms with Crippen LogP contribution in [0.3, 0.4) is 0 Å².